The van der Waals surface area contributed by atoms with Crippen LogP contribution in [-0.4, -0.2) is 25.0 Å². The van der Waals surface area contributed by atoms with Gasteiger partial charge in [0.1, 0.15) is 0 Å². The first-order valence-electron chi connectivity index (χ1n) is 6.10. The van der Waals surface area contributed by atoms with E-state index in [4.69, 9.17) is 4.74 Å². The van der Waals surface area contributed by atoms with Crippen LogP contribution >= 0.6 is 0 Å². The molecule has 0 spiro atoms. The lowest BCUT2D eigenvalue weighted by molar-refractivity contribution is -0.145. The number of ether oxygens (including phenoxy) is 2. The molecule has 5 heteroatoms. The average molecular weight is 260 g/mol. The van der Waals surface area contributed by atoms with Crippen molar-refractivity contribution in [3.05, 3.63) is 34.4 Å². The zero-order chi connectivity index (χ0) is 13.6. The molecule has 1 aromatic rings. The smallest absolute Gasteiger partial charge is 0.346 e. The molecule has 3 rings (SSSR count). The molecule has 19 heavy (non-hydrogen) atoms. The Kier molecular flexibility index (Phi) is 2.62. The van der Waals surface area contributed by atoms with Gasteiger partial charge in [0.2, 0.25) is 0 Å². The van der Waals surface area contributed by atoms with Crippen LogP contribution in [0, 0.1) is 5.92 Å². The van der Waals surface area contributed by atoms with E-state index in [0.29, 0.717) is 30.4 Å². The number of fused-ring (bicyclic) bond motifs is 2. The monoisotopic (exact) mass is 260 g/mol. The first-order chi connectivity index (χ1) is 9.10. The van der Waals surface area contributed by atoms with Crippen molar-refractivity contribution in [2.75, 3.05) is 7.11 Å². The maximum absolute atomic E-state index is 11.6. The molecule has 0 bridgehead atoms. The summed E-state index contributed by atoms with van der Waals surface area (Å²) in [6.07, 6.45) is 1.93. The maximum atomic E-state index is 11.6. The fourth-order valence-electron chi connectivity index (χ4n) is 2.71. The van der Waals surface area contributed by atoms with Crippen molar-refractivity contribution in [1.82, 2.24) is 0 Å². The predicted octanol–water partition coefficient (Wildman–Crippen LogP) is 1.28. The Morgan fingerprint density at radius 3 is 2.47 bits per heavy atom. The Morgan fingerprint density at radius 2 is 1.84 bits per heavy atom. The summed E-state index contributed by atoms with van der Waals surface area (Å²) in [5.41, 5.74) is 2.56. The topological polar surface area (TPSA) is 69.7 Å². The van der Waals surface area contributed by atoms with Crippen LogP contribution in [0.2, 0.25) is 0 Å². The van der Waals surface area contributed by atoms with E-state index in [1.807, 2.05) is 0 Å². The lowest BCUT2D eigenvalue weighted by Crippen LogP contribution is -2.24. The van der Waals surface area contributed by atoms with Crippen LogP contribution in [0.3, 0.4) is 0 Å². The molecule has 2 aliphatic rings. The lowest BCUT2D eigenvalue weighted by Gasteiger charge is -2.22. The van der Waals surface area contributed by atoms with E-state index in [-0.39, 0.29) is 11.9 Å². The highest BCUT2D eigenvalue weighted by Gasteiger charge is 2.33. The van der Waals surface area contributed by atoms with Crippen molar-refractivity contribution in [2.24, 2.45) is 5.92 Å². The number of benzene rings is 1. The normalized spacial score (nSPS) is 20.6. The molecule has 98 valence electrons. The fraction of sp³-hybridized carbons (Fsp3) is 0.357. The first-order valence-corrected chi connectivity index (χ1v) is 6.10. The SMILES string of the molecule is COC(=O)C1CCc2cc3c(cc2C1)C(=O)OC3=O. The summed E-state index contributed by atoms with van der Waals surface area (Å²) in [5, 5.41) is 0. The number of methoxy groups -OCH3 is 1. The van der Waals surface area contributed by atoms with E-state index in [2.05, 4.69) is 4.74 Å². The second-order valence-corrected chi connectivity index (χ2v) is 4.81. The molecule has 0 saturated carbocycles. The van der Waals surface area contributed by atoms with E-state index < -0.39 is 11.9 Å². The quantitative estimate of drug-likeness (QED) is 0.562. The molecule has 1 aromatic carbocycles. The largest absolute Gasteiger partial charge is 0.469 e. The van der Waals surface area contributed by atoms with Gasteiger partial charge in [-0.15, -0.1) is 0 Å². The maximum Gasteiger partial charge on any atom is 0.346 e. The van der Waals surface area contributed by atoms with Crippen molar-refractivity contribution in [3.63, 3.8) is 0 Å². The Morgan fingerprint density at radius 1 is 1.21 bits per heavy atom. The van der Waals surface area contributed by atoms with E-state index in [1.54, 1.807) is 12.1 Å². The zero-order valence-electron chi connectivity index (χ0n) is 10.4. The third-order valence-corrected chi connectivity index (χ3v) is 3.73. The highest BCUT2D eigenvalue weighted by atomic mass is 16.6. The van der Waals surface area contributed by atoms with Crippen LogP contribution in [0.4, 0.5) is 0 Å². The molecule has 0 aromatic heterocycles. The summed E-state index contributed by atoms with van der Waals surface area (Å²) in [5.74, 6) is -1.60. The van der Waals surface area contributed by atoms with Gasteiger partial charge in [0.25, 0.3) is 0 Å². The Bertz CT molecular complexity index is 602. The van der Waals surface area contributed by atoms with Gasteiger partial charge in [-0.25, -0.2) is 9.59 Å². The first kappa shape index (κ1) is 11.9. The lowest BCUT2D eigenvalue weighted by atomic mass is 9.82. The third kappa shape index (κ3) is 1.82. The van der Waals surface area contributed by atoms with E-state index >= 15 is 0 Å². The van der Waals surface area contributed by atoms with Gasteiger partial charge in [0, 0.05) is 0 Å². The van der Waals surface area contributed by atoms with Crippen molar-refractivity contribution in [2.45, 2.75) is 19.3 Å². The predicted molar refractivity (Wildman–Crippen MR) is 63.7 cm³/mol. The van der Waals surface area contributed by atoms with Gasteiger partial charge in [-0.05, 0) is 42.5 Å². The molecule has 0 N–H and O–H groups in total. The third-order valence-electron chi connectivity index (χ3n) is 3.73. The summed E-state index contributed by atoms with van der Waals surface area (Å²) < 4.78 is 9.33. The van der Waals surface area contributed by atoms with Gasteiger partial charge in [-0.1, -0.05) is 0 Å². The molecule has 1 heterocycles. The van der Waals surface area contributed by atoms with Crippen LogP contribution in [0.5, 0.6) is 0 Å². The standard InChI is InChI=1S/C14H12O5/c1-18-12(15)8-3-2-7-5-10-11(6-9(7)4-8)14(17)19-13(10)16/h5-6,8H,2-4H2,1H3. The van der Waals surface area contributed by atoms with E-state index in [1.165, 1.54) is 7.11 Å². The number of hydrogen-bond donors (Lipinski definition) is 0. The fourth-order valence-corrected chi connectivity index (χ4v) is 2.71. The molecule has 1 aliphatic carbocycles. The minimum absolute atomic E-state index is 0.177. The minimum atomic E-state index is -0.608. The van der Waals surface area contributed by atoms with Crippen LogP contribution < -0.4 is 0 Å². The number of cyclic esters (lactones) is 2. The molecule has 0 fully saturated rings. The van der Waals surface area contributed by atoms with Gasteiger partial charge in [0.15, 0.2) is 0 Å². The Labute approximate surface area is 109 Å². The number of carbonyl (C=O) groups excluding carboxylic acids is 3. The Hall–Kier alpha value is -2.17. The molecule has 1 atom stereocenters. The molecular weight excluding hydrogens is 248 g/mol. The summed E-state index contributed by atoms with van der Waals surface area (Å²) in [6.45, 7) is 0. The van der Waals surface area contributed by atoms with Gasteiger partial charge < -0.3 is 9.47 Å². The summed E-state index contributed by atoms with van der Waals surface area (Å²) >= 11 is 0. The van der Waals surface area contributed by atoms with Gasteiger partial charge in [-0.3, -0.25) is 4.79 Å². The van der Waals surface area contributed by atoms with E-state index in [9.17, 15) is 14.4 Å². The second kappa shape index (κ2) is 4.19. The number of carbonyl (C=O) groups is 3. The molecule has 1 aliphatic heterocycles. The highest BCUT2D eigenvalue weighted by molar-refractivity contribution is 6.14. The second-order valence-electron chi connectivity index (χ2n) is 4.81. The zero-order valence-corrected chi connectivity index (χ0v) is 10.4. The summed E-state index contributed by atoms with van der Waals surface area (Å²) in [6, 6.07) is 3.39. The molecular formula is C14H12O5. The van der Waals surface area contributed by atoms with Gasteiger partial charge >= 0.3 is 17.9 Å². The minimum Gasteiger partial charge on any atom is -0.469 e. The number of rotatable bonds is 1. The Balaban J connectivity index is 1.99. The van der Waals surface area contributed by atoms with Crippen LogP contribution in [0.25, 0.3) is 0 Å². The molecule has 5 nitrogen and oxygen atoms in total. The van der Waals surface area contributed by atoms with Crippen molar-refractivity contribution in [3.8, 4) is 0 Å². The number of esters is 3. The highest BCUT2D eigenvalue weighted by Crippen LogP contribution is 2.31. The van der Waals surface area contributed by atoms with Crippen LogP contribution in [-0.2, 0) is 27.1 Å². The van der Waals surface area contributed by atoms with Crippen molar-refractivity contribution >= 4 is 17.9 Å². The molecule has 0 saturated heterocycles. The molecule has 0 radical (unpaired) electrons. The number of aryl methyl sites for hydroxylation is 1. The van der Waals surface area contributed by atoms with Crippen LogP contribution in [0.15, 0.2) is 12.1 Å². The van der Waals surface area contributed by atoms with Gasteiger partial charge in [-0.2, -0.15) is 0 Å². The van der Waals surface area contributed by atoms with Crippen LogP contribution in [0.1, 0.15) is 38.3 Å². The molecule has 1 unspecified atom stereocenters. The summed E-state index contributed by atoms with van der Waals surface area (Å²) in [7, 11) is 1.37. The summed E-state index contributed by atoms with van der Waals surface area (Å²) in [4.78, 5) is 34.5. The number of hydrogen-bond acceptors (Lipinski definition) is 5. The van der Waals surface area contributed by atoms with Crippen molar-refractivity contribution in [1.29, 1.82) is 0 Å². The van der Waals surface area contributed by atoms with E-state index in [0.717, 1.165) is 11.1 Å². The average Bonchev–Trinajstić information content (AvgIpc) is 2.70. The molecule has 0 amide bonds. The van der Waals surface area contributed by atoms with Crippen molar-refractivity contribution < 1.29 is 23.9 Å². The van der Waals surface area contributed by atoms with Gasteiger partial charge in [0.05, 0.1) is 24.2 Å².